The quantitative estimate of drug-likeness (QED) is 0.810. The molecule has 1 rings (SSSR count). The smallest absolute Gasteiger partial charge is 0.0374 e. The predicted octanol–water partition coefficient (Wildman–Crippen LogP) is 4.00. The summed E-state index contributed by atoms with van der Waals surface area (Å²) in [5, 5.41) is 3.62. The Hall–Kier alpha value is -0.820. The Morgan fingerprint density at radius 2 is 1.62 bits per heavy atom. The van der Waals surface area contributed by atoms with Crippen molar-refractivity contribution in [2.24, 2.45) is 5.41 Å². The summed E-state index contributed by atoms with van der Waals surface area (Å²) in [7, 11) is 0. The monoisotopic (exact) mass is 219 g/mol. The molecule has 90 valence electrons. The van der Waals surface area contributed by atoms with Crippen molar-refractivity contribution >= 4 is 0 Å². The first-order valence-corrected chi connectivity index (χ1v) is 6.17. The normalized spacial score (nSPS) is 13.9. The van der Waals surface area contributed by atoms with Gasteiger partial charge in [0.2, 0.25) is 0 Å². The molecule has 0 heterocycles. The van der Waals surface area contributed by atoms with Gasteiger partial charge in [-0.15, -0.1) is 0 Å². The van der Waals surface area contributed by atoms with Crippen molar-refractivity contribution in [3.05, 3.63) is 34.9 Å². The second kappa shape index (κ2) is 5.01. The lowest BCUT2D eigenvalue weighted by atomic mass is 9.79. The van der Waals surface area contributed by atoms with Crippen LogP contribution in [-0.2, 0) is 0 Å². The molecule has 16 heavy (non-hydrogen) atoms. The first-order chi connectivity index (χ1) is 7.38. The minimum atomic E-state index is 0.243. The maximum absolute atomic E-state index is 3.62. The zero-order chi connectivity index (χ0) is 12.3. The molecule has 0 saturated heterocycles. The summed E-state index contributed by atoms with van der Waals surface area (Å²) >= 11 is 0. The van der Waals surface area contributed by atoms with Crippen LogP contribution in [0.25, 0.3) is 0 Å². The molecule has 0 saturated carbocycles. The average molecular weight is 219 g/mol. The molecule has 0 aliphatic carbocycles. The van der Waals surface area contributed by atoms with Crippen LogP contribution >= 0.6 is 0 Å². The Kier molecular flexibility index (Phi) is 4.15. The molecule has 1 aromatic rings. The third-order valence-electron chi connectivity index (χ3n) is 3.11. The Balaban J connectivity index is 3.21. The molecule has 1 atom stereocenters. The van der Waals surface area contributed by atoms with Gasteiger partial charge in [-0.1, -0.05) is 45.9 Å². The molecule has 0 radical (unpaired) electrons. The molecule has 0 aliphatic rings. The number of benzene rings is 1. The van der Waals surface area contributed by atoms with E-state index in [1.807, 2.05) is 0 Å². The van der Waals surface area contributed by atoms with Crippen LogP contribution < -0.4 is 5.32 Å². The van der Waals surface area contributed by atoms with E-state index >= 15 is 0 Å². The molecular formula is C15H25N. The zero-order valence-corrected chi connectivity index (χ0v) is 11.5. The van der Waals surface area contributed by atoms with Gasteiger partial charge in [-0.3, -0.25) is 0 Å². The van der Waals surface area contributed by atoms with Crippen LogP contribution in [0, 0.1) is 19.3 Å². The topological polar surface area (TPSA) is 12.0 Å². The third-order valence-corrected chi connectivity index (χ3v) is 3.11. The van der Waals surface area contributed by atoms with E-state index in [0.29, 0.717) is 6.04 Å². The first-order valence-electron chi connectivity index (χ1n) is 6.17. The van der Waals surface area contributed by atoms with Gasteiger partial charge in [0.15, 0.2) is 0 Å². The molecule has 0 aliphatic heterocycles. The van der Waals surface area contributed by atoms with Gasteiger partial charge in [0.25, 0.3) is 0 Å². The van der Waals surface area contributed by atoms with Crippen LogP contribution in [-0.4, -0.2) is 6.54 Å². The highest BCUT2D eigenvalue weighted by atomic mass is 14.9. The summed E-state index contributed by atoms with van der Waals surface area (Å²) in [5.41, 5.74) is 4.49. The van der Waals surface area contributed by atoms with Crippen LogP contribution in [0.2, 0.25) is 0 Å². The van der Waals surface area contributed by atoms with E-state index in [1.165, 1.54) is 16.7 Å². The molecule has 0 amide bonds. The van der Waals surface area contributed by atoms with Gasteiger partial charge in [0.1, 0.15) is 0 Å². The van der Waals surface area contributed by atoms with Gasteiger partial charge >= 0.3 is 0 Å². The number of hydrogen-bond donors (Lipinski definition) is 1. The first kappa shape index (κ1) is 13.2. The number of hydrogen-bond acceptors (Lipinski definition) is 1. The van der Waals surface area contributed by atoms with Gasteiger partial charge in [-0.05, 0) is 42.5 Å². The lowest BCUT2D eigenvalue weighted by molar-refractivity contribution is 0.275. The summed E-state index contributed by atoms with van der Waals surface area (Å²) in [4.78, 5) is 0. The summed E-state index contributed by atoms with van der Waals surface area (Å²) in [6.45, 7) is 14.5. The van der Waals surface area contributed by atoms with Crippen molar-refractivity contribution in [3.63, 3.8) is 0 Å². The SMILES string of the molecule is CCNC(c1c(C)cccc1C)C(C)(C)C. The molecule has 1 nitrogen and oxygen atoms in total. The predicted molar refractivity (Wildman–Crippen MR) is 71.8 cm³/mol. The molecule has 0 fully saturated rings. The van der Waals surface area contributed by atoms with Gasteiger partial charge in [0.05, 0.1) is 0 Å². The molecular weight excluding hydrogens is 194 g/mol. The van der Waals surface area contributed by atoms with E-state index in [9.17, 15) is 0 Å². The molecule has 1 N–H and O–H groups in total. The van der Waals surface area contributed by atoms with Crippen LogP contribution in [0.15, 0.2) is 18.2 Å². The van der Waals surface area contributed by atoms with Crippen LogP contribution in [0.5, 0.6) is 0 Å². The van der Waals surface area contributed by atoms with Crippen molar-refractivity contribution in [2.75, 3.05) is 6.54 Å². The molecule has 0 aromatic heterocycles. The minimum absolute atomic E-state index is 0.243. The molecule has 1 unspecified atom stereocenters. The highest BCUT2D eigenvalue weighted by Crippen LogP contribution is 2.35. The lowest BCUT2D eigenvalue weighted by Crippen LogP contribution is -2.33. The summed E-state index contributed by atoms with van der Waals surface area (Å²) < 4.78 is 0. The summed E-state index contributed by atoms with van der Waals surface area (Å²) in [6, 6.07) is 6.98. The third kappa shape index (κ3) is 2.85. The van der Waals surface area contributed by atoms with E-state index < -0.39 is 0 Å². The van der Waals surface area contributed by atoms with Crippen molar-refractivity contribution < 1.29 is 0 Å². The summed E-state index contributed by atoms with van der Waals surface area (Å²) in [5.74, 6) is 0. The number of nitrogens with one attached hydrogen (secondary N) is 1. The maximum atomic E-state index is 3.62. The fourth-order valence-corrected chi connectivity index (χ4v) is 2.33. The molecule has 1 heteroatoms. The van der Waals surface area contributed by atoms with Crippen LogP contribution in [0.1, 0.15) is 50.4 Å². The van der Waals surface area contributed by atoms with Gasteiger partial charge < -0.3 is 5.32 Å². The van der Waals surface area contributed by atoms with Gasteiger partial charge in [0, 0.05) is 6.04 Å². The van der Waals surface area contributed by atoms with E-state index in [1.54, 1.807) is 0 Å². The number of rotatable bonds is 3. The van der Waals surface area contributed by atoms with Crippen molar-refractivity contribution in [2.45, 2.75) is 47.6 Å². The van der Waals surface area contributed by atoms with E-state index in [0.717, 1.165) is 6.54 Å². The molecule has 0 spiro atoms. The van der Waals surface area contributed by atoms with Crippen molar-refractivity contribution in [1.82, 2.24) is 5.32 Å². The molecule has 1 aromatic carbocycles. The van der Waals surface area contributed by atoms with Gasteiger partial charge in [-0.25, -0.2) is 0 Å². The van der Waals surface area contributed by atoms with Crippen LogP contribution in [0.4, 0.5) is 0 Å². The Labute approximate surface area is 100 Å². The molecule has 0 bridgehead atoms. The maximum Gasteiger partial charge on any atom is 0.0374 e. The lowest BCUT2D eigenvalue weighted by Gasteiger charge is -2.34. The van der Waals surface area contributed by atoms with Crippen LogP contribution in [0.3, 0.4) is 0 Å². The minimum Gasteiger partial charge on any atom is -0.310 e. The van der Waals surface area contributed by atoms with Crippen molar-refractivity contribution in [1.29, 1.82) is 0 Å². The second-order valence-electron chi connectivity index (χ2n) is 5.66. The zero-order valence-electron chi connectivity index (χ0n) is 11.5. The average Bonchev–Trinajstić information content (AvgIpc) is 2.14. The largest absolute Gasteiger partial charge is 0.310 e. The van der Waals surface area contributed by atoms with Crippen molar-refractivity contribution in [3.8, 4) is 0 Å². The highest BCUT2D eigenvalue weighted by Gasteiger charge is 2.27. The number of aryl methyl sites for hydroxylation is 2. The second-order valence-corrected chi connectivity index (χ2v) is 5.66. The fraction of sp³-hybridized carbons (Fsp3) is 0.600. The van der Waals surface area contributed by atoms with E-state index in [4.69, 9.17) is 0 Å². The Bertz CT molecular complexity index is 327. The fourth-order valence-electron chi connectivity index (χ4n) is 2.33. The highest BCUT2D eigenvalue weighted by molar-refractivity contribution is 5.37. The van der Waals surface area contributed by atoms with Gasteiger partial charge in [-0.2, -0.15) is 0 Å². The Morgan fingerprint density at radius 3 is 2.00 bits per heavy atom. The van der Waals surface area contributed by atoms with E-state index in [-0.39, 0.29) is 5.41 Å². The van der Waals surface area contributed by atoms with E-state index in [2.05, 4.69) is 65.1 Å². The Morgan fingerprint density at radius 1 is 1.12 bits per heavy atom. The summed E-state index contributed by atoms with van der Waals surface area (Å²) in [6.07, 6.45) is 0. The standard InChI is InChI=1S/C15H25N/c1-7-16-14(15(4,5)6)13-11(2)9-8-10-12(13)3/h8-10,14,16H,7H2,1-6H3.